The Balaban J connectivity index is 1.60. The van der Waals surface area contributed by atoms with Crippen molar-refractivity contribution in [1.29, 1.82) is 0 Å². The van der Waals surface area contributed by atoms with Crippen molar-refractivity contribution in [1.82, 2.24) is 0 Å². The number of carbonyl (C=O) groups is 1. The molecule has 2 nitrogen and oxygen atoms in total. The maximum Gasteiger partial charge on any atom is 0.309 e. The Morgan fingerprint density at radius 1 is 0.840 bits per heavy atom. The SMILES string of the molecule is CCCCCCCCCC[C@H]1CC[C@H](C2(C(=O)O)CCCCC2)CC1. The largest absolute Gasteiger partial charge is 0.481 e. The van der Waals surface area contributed by atoms with Gasteiger partial charge >= 0.3 is 5.97 Å². The van der Waals surface area contributed by atoms with Crippen molar-refractivity contribution < 1.29 is 9.90 Å². The first-order valence-electron chi connectivity index (χ1n) is 11.4. The zero-order valence-electron chi connectivity index (χ0n) is 16.7. The summed E-state index contributed by atoms with van der Waals surface area (Å²) in [6.45, 7) is 2.28. The van der Waals surface area contributed by atoms with E-state index in [9.17, 15) is 9.90 Å². The van der Waals surface area contributed by atoms with Crippen LogP contribution in [-0.2, 0) is 4.79 Å². The van der Waals surface area contributed by atoms with Crippen LogP contribution < -0.4 is 0 Å². The molecule has 2 rings (SSSR count). The molecule has 1 N–H and O–H groups in total. The van der Waals surface area contributed by atoms with Crippen molar-refractivity contribution in [2.24, 2.45) is 17.3 Å². The summed E-state index contributed by atoms with van der Waals surface area (Å²) in [6.07, 6.45) is 22.9. The van der Waals surface area contributed by atoms with Crippen LogP contribution in [0.3, 0.4) is 0 Å². The predicted molar refractivity (Wildman–Crippen MR) is 106 cm³/mol. The molecule has 0 aliphatic heterocycles. The average Bonchev–Trinajstić information content (AvgIpc) is 2.65. The van der Waals surface area contributed by atoms with E-state index in [1.165, 1.54) is 89.9 Å². The van der Waals surface area contributed by atoms with E-state index in [2.05, 4.69) is 6.92 Å². The molecule has 0 aromatic heterocycles. The number of carboxylic acids is 1. The molecule has 0 heterocycles. The number of hydrogen-bond acceptors (Lipinski definition) is 1. The highest BCUT2D eigenvalue weighted by Gasteiger charge is 2.46. The molecule has 0 aromatic carbocycles. The van der Waals surface area contributed by atoms with Gasteiger partial charge in [-0.3, -0.25) is 4.79 Å². The fourth-order valence-corrected chi connectivity index (χ4v) is 5.55. The minimum atomic E-state index is -0.487. The van der Waals surface area contributed by atoms with Crippen molar-refractivity contribution in [2.45, 2.75) is 122 Å². The molecule has 2 fully saturated rings. The predicted octanol–water partition coefficient (Wildman–Crippen LogP) is 7.36. The number of rotatable bonds is 11. The summed E-state index contributed by atoms with van der Waals surface area (Å²) in [7, 11) is 0. The number of unbranched alkanes of at least 4 members (excludes halogenated alkanes) is 7. The highest BCUT2D eigenvalue weighted by Crippen LogP contribution is 2.49. The Labute approximate surface area is 156 Å². The molecule has 2 aliphatic rings. The molecule has 2 aliphatic carbocycles. The third kappa shape index (κ3) is 6.29. The number of aliphatic carboxylic acids is 1. The monoisotopic (exact) mass is 350 g/mol. The Hall–Kier alpha value is -0.530. The minimum absolute atomic E-state index is 0.359. The average molecular weight is 351 g/mol. The van der Waals surface area contributed by atoms with Crippen molar-refractivity contribution in [3.05, 3.63) is 0 Å². The van der Waals surface area contributed by atoms with E-state index in [0.717, 1.165) is 31.6 Å². The molecule has 0 radical (unpaired) electrons. The van der Waals surface area contributed by atoms with Gasteiger partial charge in [-0.1, -0.05) is 96.8 Å². The molecule has 0 aromatic rings. The summed E-state index contributed by atoms with van der Waals surface area (Å²) in [6, 6.07) is 0. The highest BCUT2D eigenvalue weighted by molar-refractivity contribution is 5.75. The van der Waals surface area contributed by atoms with Crippen LogP contribution in [0.25, 0.3) is 0 Å². The van der Waals surface area contributed by atoms with E-state index < -0.39 is 5.97 Å². The quantitative estimate of drug-likeness (QED) is 0.395. The molecule has 2 saturated carbocycles. The third-order valence-electron chi connectivity index (χ3n) is 7.27. The Bertz CT molecular complexity index is 362. The van der Waals surface area contributed by atoms with Gasteiger partial charge in [0.2, 0.25) is 0 Å². The number of carboxylic acid groups (broad SMARTS) is 1. The molecule has 0 saturated heterocycles. The van der Waals surface area contributed by atoms with Crippen LogP contribution in [0.5, 0.6) is 0 Å². The van der Waals surface area contributed by atoms with Crippen LogP contribution in [0.2, 0.25) is 0 Å². The lowest BCUT2D eigenvalue weighted by Crippen LogP contribution is -2.42. The Morgan fingerprint density at radius 3 is 1.96 bits per heavy atom. The fraction of sp³-hybridized carbons (Fsp3) is 0.957. The maximum absolute atomic E-state index is 12.0. The van der Waals surface area contributed by atoms with E-state index >= 15 is 0 Å². The second kappa shape index (κ2) is 11.2. The second-order valence-electron chi connectivity index (χ2n) is 9.00. The van der Waals surface area contributed by atoms with Gasteiger partial charge in [0.15, 0.2) is 0 Å². The molecule has 2 heteroatoms. The summed E-state index contributed by atoms with van der Waals surface area (Å²) in [5.41, 5.74) is -0.359. The first kappa shape index (κ1) is 20.8. The van der Waals surface area contributed by atoms with Gasteiger partial charge in [-0.05, 0) is 37.5 Å². The summed E-state index contributed by atoms with van der Waals surface area (Å²) < 4.78 is 0. The molecule has 0 amide bonds. The lowest BCUT2D eigenvalue weighted by molar-refractivity contribution is -0.157. The van der Waals surface area contributed by atoms with Gasteiger partial charge < -0.3 is 5.11 Å². The van der Waals surface area contributed by atoms with Crippen LogP contribution >= 0.6 is 0 Å². The summed E-state index contributed by atoms with van der Waals surface area (Å²) in [5, 5.41) is 9.88. The topological polar surface area (TPSA) is 37.3 Å². The van der Waals surface area contributed by atoms with E-state index in [-0.39, 0.29) is 5.41 Å². The second-order valence-corrected chi connectivity index (χ2v) is 9.00. The van der Waals surface area contributed by atoms with E-state index in [0.29, 0.717) is 5.92 Å². The maximum atomic E-state index is 12.0. The summed E-state index contributed by atoms with van der Waals surface area (Å²) >= 11 is 0. The molecular weight excluding hydrogens is 308 g/mol. The van der Waals surface area contributed by atoms with Crippen molar-refractivity contribution >= 4 is 5.97 Å². The van der Waals surface area contributed by atoms with E-state index in [4.69, 9.17) is 0 Å². The molecule has 25 heavy (non-hydrogen) atoms. The van der Waals surface area contributed by atoms with Gasteiger partial charge in [0.1, 0.15) is 0 Å². The van der Waals surface area contributed by atoms with Gasteiger partial charge in [0, 0.05) is 0 Å². The Morgan fingerprint density at radius 2 is 1.40 bits per heavy atom. The standard InChI is InChI=1S/C23H42O2/c1-2-3-4-5-6-7-8-10-13-20-14-16-21(17-15-20)23(22(24)25)18-11-9-12-19-23/h20-21H,2-19H2,1H3,(H,24,25)/t20-,21-. The van der Waals surface area contributed by atoms with Gasteiger partial charge in [0.05, 0.1) is 5.41 Å². The molecule has 0 spiro atoms. The smallest absolute Gasteiger partial charge is 0.309 e. The molecule has 0 atom stereocenters. The van der Waals surface area contributed by atoms with Crippen molar-refractivity contribution in [3.8, 4) is 0 Å². The molecule has 146 valence electrons. The molecule has 0 bridgehead atoms. The van der Waals surface area contributed by atoms with Crippen molar-refractivity contribution in [2.75, 3.05) is 0 Å². The van der Waals surface area contributed by atoms with Crippen LogP contribution in [-0.4, -0.2) is 11.1 Å². The number of hydrogen-bond donors (Lipinski definition) is 1. The van der Waals surface area contributed by atoms with Crippen LogP contribution in [0.4, 0.5) is 0 Å². The zero-order chi connectivity index (χ0) is 18.0. The lowest BCUT2D eigenvalue weighted by Gasteiger charge is -2.43. The molecule has 0 unspecified atom stereocenters. The summed E-state index contributed by atoms with van der Waals surface area (Å²) in [5.74, 6) is 0.851. The van der Waals surface area contributed by atoms with E-state index in [1.54, 1.807) is 0 Å². The lowest BCUT2D eigenvalue weighted by atomic mass is 9.60. The van der Waals surface area contributed by atoms with Gasteiger partial charge in [-0.25, -0.2) is 0 Å². The highest BCUT2D eigenvalue weighted by atomic mass is 16.4. The van der Waals surface area contributed by atoms with Gasteiger partial charge in [-0.2, -0.15) is 0 Å². The zero-order valence-corrected chi connectivity index (χ0v) is 16.7. The van der Waals surface area contributed by atoms with Crippen molar-refractivity contribution in [3.63, 3.8) is 0 Å². The molecular formula is C23H42O2. The van der Waals surface area contributed by atoms with E-state index in [1.807, 2.05) is 0 Å². The first-order chi connectivity index (χ1) is 12.2. The van der Waals surface area contributed by atoms with Crippen LogP contribution in [0, 0.1) is 17.3 Å². The van der Waals surface area contributed by atoms with Gasteiger partial charge in [0.25, 0.3) is 0 Å². The third-order valence-corrected chi connectivity index (χ3v) is 7.27. The Kier molecular flexibility index (Phi) is 9.34. The minimum Gasteiger partial charge on any atom is -0.481 e. The summed E-state index contributed by atoms with van der Waals surface area (Å²) in [4.78, 5) is 12.0. The normalized spacial score (nSPS) is 26.4. The first-order valence-corrected chi connectivity index (χ1v) is 11.4. The van der Waals surface area contributed by atoms with Crippen LogP contribution in [0.15, 0.2) is 0 Å². The fourth-order valence-electron chi connectivity index (χ4n) is 5.55. The van der Waals surface area contributed by atoms with Crippen LogP contribution in [0.1, 0.15) is 122 Å². The van der Waals surface area contributed by atoms with Gasteiger partial charge in [-0.15, -0.1) is 0 Å².